The van der Waals surface area contributed by atoms with Crippen molar-refractivity contribution in [3.8, 4) is 11.1 Å². The van der Waals surface area contributed by atoms with Crippen molar-refractivity contribution in [3.63, 3.8) is 0 Å². The van der Waals surface area contributed by atoms with E-state index in [9.17, 15) is 0 Å². The molecule has 3 aromatic rings. The predicted molar refractivity (Wildman–Crippen MR) is 139 cm³/mol. The van der Waals surface area contributed by atoms with E-state index < -0.39 is 0 Å². The highest BCUT2D eigenvalue weighted by atomic mass is 32.2. The smallest absolute Gasteiger partial charge is 0.115 e. The molecule has 1 atom stereocenters. The summed E-state index contributed by atoms with van der Waals surface area (Å²) in [4.78, 5) is 13.5. The maximum Gasteiger partial charge on any atom is 0.115 e. The molecular formula is C29H27N3S. The average molecular weight is 450 g/mol. The highest BCUT2D eigenvalue weighted by molar-refractivity contribution is 8.14. The Bertz CT molecular complexity index is 1350. The number of aromatic nitrogens is 2. The van der Waals surface area contributed by atoms with Crippen molar-refractivity contribution in [2.45, 2.75) is 38.5 Å². The molecule has 0 N–H and O–H groups in total. The maximum absolute atomic E-state index is 4.90. The first-order chi connectivity index (χ1) is 16.4. The maximum atomic E-state index is 4.90. The molecule has 0 radical (unpaired) electrons. The Morgan fingerprint density at radius 1 is 0.939 bits per heavy atom. The van der Waals surface area contributed by atoms with Crippen molar-refractivity contribution >= 4 is 33.2 Å². The van der Waals surface area contributed by atoms with Crippen LogP contribution in [0.5, 0.6) is 0 Å². The van der Waals surface area contributed by atoms with Crippen molar-refractivity contribution in [1.29, 1.82) is 0 Å². The van der Waals surface area contributed by atoms with E-state index in [1.807, 2.05) is 24.2 Å². The highest BCUT2D eigenvalue weighted by Crippen LogP contribution is 2.50. The van der Waals surface area contributed by atoms with Crippen molar-refractivity contribution in [2.75, 3.05) is 12.3 Å². The quantitative estimate of drug-likeness (QED) is 0.438. The second kappa shape index (κ2) is 7.95. The number of allylic oxidation sites excluding steroid dienone is 4. The molecule has 2 heterocycles. The fourth-order valence-corrected chi connectivity index (χ4v) is 7.22. The van der Waals surface area contributed by atoms with Crippen LogP contribution in [0.15, 0.2) is 65.7 Å². The number of thioether (sulfide) groups is 1. The summed E-state index contributed by atoms with van der Waals surface area (Å²) >= 11 is 1.88. The van der Waals surface area contributed by atoms with Gasteiger partial charge in [0.25, 0.3) is 0 Å². The van der Waals surface area contributed by atoms with Crippen LogP contribution < -0.4 is 0 Å². The summed E-state index contributed by atoms with van der Waals surface area (Å²) in [6.45, 7) is 0.900. The molecule has 0 amide bonds. The van der Waals surface area contributed by atoms with E-state index in [0.717, 1.165) is 29.7 Å². The SMILES string of the molecule is C1=CC2=C(CC1)C(C1CCC1)Cc1c2ccc2c(C3=NCCS3)c(-c3cncnc3)ccc12. The monoisotopic (exact) mass is 449 g/mol. The van der Waals surface area contributed by atoms with Crippen molar-refractivity contribution in [2.24, 2.45) is 16.8 Å². The number of hydrogen-bond acceptors (Lipinski definition) is 4. The van der Waals surface area contributed by atoms with Crippen LogP contribution >= 0.6 is 11.8 Å². The molecule has 4 aliphatic rings. The van der Waals surface area contributed by atoms with Gasteiger partial charge < -0.3 is 0 Å². The average Bonchev–Trinajstić information content (AvgIpc) is 3.37. The molecule has 3 aliphatic carbocycles. The van der Waals surface area contributed by atoms with E-state index in [2.05, 4.69) is 46.4 Å². The predicted octanol–water partition coefficient (Wildman–Crippen LogP) is 6.87. The summed E-state index contributed by atoms with van der Waals surface area (Å²) in [5.41, 5.74) is 9.81. The van der Waals surface area contributed by atoms with Gasteiger partial charge in [0.05, 0.1) is 5.04 Å². The fraction of sp³-hybridized carbons (Fsp3) is 0.345. The van der Waals surface area contributed by atoms with Crippen LogP contribution in [-0.4, -0.2) is 27.3 Å². The van der Waals surface area contributed by atoms with Gasteiger partial charge in [-0.25, -0.2) is 9.97 Å². The highest BCUT2D eigenvalue weighted by Gasteiger charge is 2.36. The minimum atomic E-state index is 0.723. The molecule has 7 rings (SSSR count). The van der Waals surface area contributed by atoms with Crippen LogP contribution in [0, 0.1) is 11.8 Å². The second-order valence-corrected chi connectivity index (χ2v) is 10.8. The van der Waals surface area contributed by atoms with Crippen molar-refractivity contribution in [3.05, 3.63) is 77.4 Å². The van der Waals surface area contributed by atoms with Gasteiger partial charge in [-0.15, -0.1) is 11.8 Å². The van der Waals surface area contributed by atoms with Crippen LogP contribution in [0.25, 0.3) is 27.5 Å². The first-order valence-corrected chi connectivity index (χ1v) is 13.3. The first kappa shape index (κ1) is 19.7. The third-order valence-corrected chi connectivity index (χ3v) is 9.07. The van der Waals surface area contributed by atoms with E-state index in [4.69, 9.17) is 4.99 Å². The standard InChI is InChI=1S/C29H27N3S/c1-2-7-22-21(6-1)23-10-11-25-24(27(23)14-26(22)18-4-3-5-18)9-8-20(19-15-30-17-31-16-19)28(25)29-32-12-13-33-29/h1,6,8-11,15-18,26H,2-5,7,12-14H2. The molecule has 0 saturated heterocycles. The molecular weight excluding hydrogens is 422 g/mol. The van der Waals surface area contributed by atoms with Crippen molar-refractivity contribution in [1.82, 2.24) is 9.97 Å². The van der Waals surface area contributed by atoms with Crippen molar-refractivity contribution < 1.29 is 0 Å². The Morgan fingerprint density at radius 3 is 2.58 bits per heavy atom. The van der Waals surface area contributed by atoms with E-state index >= 15 is 0 Å². The van der Waals surface area contributed by atoms with Gasteiger partial charge in [-0.1, -0.05) is 48.4 Å². The van der Waals surface area contributed by atoms with Gasteiger partial charge in [-0.05, 0) is 77.0 Å². The lowest BCUT2D eigenvalue weighted by Gasteiger charge is -2.41. The van der Waals surface area contributed by atoms with Crippen LogP contribution in [0.4, 0.5) is 0 Å². The van der Waals surface area contributed by atoms with Gasteiger partial charge in [0, 0.05) is 35.8 Å². The Kier molecular flexibility index (Phi) is 4.75. The number of rotatable bonds is 3. The summed E-state index contributed by atoms with van der Waals surface area (Å²) in [6.07, 6.45) is 18.1. The molecule has 0 bridgehead atoms. The molecule has 1 aromatic heterocycles. The fourth-order valence-electron chi connectivity index (χ4n) is 6.30. The lowest BCUT2D eigenvalue weighted by atomic mass is 9.64. The number of hydrogen-bond donors (Lipinski definition) is 0. The third kappa shape index (κ3) is 3.14. The molecule has 1 unspecified atom stereocenters. The zero-order valence-electron chi connectivity index (χ0n) is 18.8. The van der Waals surface area contributed by atoms with E-state index in [-0.39, 0.29) is 0 Å². The summed E-state index contributed by atoms with van der Waals surface area (Å²) in [5.74, 6) is 2.66. The lowest BCUT2D eigenvalue weighted by molar-refractivity contribution is 0.227. The normalized spacial score (nSPS) is 22.2. The van der Waals surface area contributed by atoms with E-state index in [0.29, 0.717) is 0 Å². The summed E-state index contributed by atoms with van der Waals surface area (Å²) in [6, 6.07) is 9.40. The molecule has 3 nitrogen and oxygen atoms in total. The zero-order valence-corrected chi connectivity index (χ0v) is 19.6. The number of fused-ring (bicyclic) bond motifs is 4. The van der Waals surface area contributed by atoms with Crippen LogP contribution in [0.1, 0.15) is 48.8 Å². The van der Waals surface area contributed by atoms with Gasteiger partial charge >= 0.3 is 0 Å². The lowest BCUT2D eigenvalue weighted by Crippen LogP contribution is -2.29. The molecule has 1 saturated carbocycles. The number of benzene rings is 2. The van der Waals surface area contributed by atoms with Gasteiger partial charge in [0.1, 0.15) is 6.33 Å². The molecule has 4 heteroatoms. The molecule has 164 valence electrons. The molecule has 2 aromatic carbocycles. The molecule has 1 fully saturated rings. The topological polar surface area (TPSA) is 38.1 Å². The van der Waals surface area contributed by atoms with Crippen LogP contribution in [0.2, 0.25) is 0 Å². The number of nitrogens with zero attached hydrogens (tertiary/aromatic N) is 3. The minimum absolute atomic E-state index is 0.723. The summed E-state index contributed by atoms with van der Waals surface area (Å²) < 4.78 is 0. The number of aliphatic imine (C=N–C) groups is 1. The zero-order chi connectivity index (χ0) is 21.8. The van der Waals surface area contributed by atoms with Gasteiger partial charge in [0.15, 0.2) is 0 Å². The first-order valence-electron chi connectivity index (χ1n) is 12.3. The van der Waals surface area contributed by atoms with Crippen LogP contribution in [-0.2, 0) is 6.42 Å². The largest absolute Gasteiger partial charge is 0.277 e. The Morgan fingerprint density at radius 2 is 1.79 bits per heavy atom. The van der Waals surface area contributed by atoms with E-state index in [1.165, 1.54) is 76.6 Å². The van der Waals surface area contributed by atoms with Gasteiger partial charge in [0.2, 0.25) is 0 Å². The Labute approximate surface area is 199 Å². The van der Waals surface area contributed by atoms with Crippen LogP contribution in [0.3, 0.4) is 0 Å². The summed E-state index contributed by atoms with van der Waals surface area (Å²) in [5, 5.41) is 3.91. The third-order valence-electron chi connectivity index (χ3n) is 8.07. The Hall–Kier alpha value is -2.72. The Balaban J connectivity index is 1.47. The minimum Gasteiger partial charge on any atom is -0.277 e. The molecule has 33 heavy (non-hydrogen) atoms. The van der Waals surface area contributed by atoms with Gasteiger partial charge in [-0.3, -0.25) is 4.99 Å². The second-order valence-electron chi connectivity index (χ2n) is 9.72. The molecule has 0 spiro atoms. The van der Waals surface area contributed by atoms with E-state index in [1.54, 1.807) is 17.5 Å². The molecule has 1 aliphatic heterocycles. The summed E-state index contributed by atoms with van der Waals surface area (Å²) in [7, 11) is 0. The van der Waals surface area contributed by atoms with Gasteiger partial charge in [-0.2, -0.15) is 0 Å².